The predicted molar refractivity (Wildman–Crippen MR) is 102 cm³/mol. The Morgan fingerprint density at radius 1 is 1.04 bits per heavy atom. The normalized spacial score (nSPS) is 22.1. The van der Waals surface area contributed by atoms with Crippen LogP contribution in [0.1, 0.15) is 53.4 Å². The monoisotopic (exact) mass is 386 g/mol. The van der Waals surface area contributed by atoms with Crippen LogP contribution in [0.5, 0.6) is 0 Å². The molecule has 2 unspecified atom stereocenters. The smallest absolute Gasteiger partial charge is 0.465 e. The molecule has 1 fully saturated rings. The average molecular weight is 387 g/mol. The molecule has 0 aromatic rings. The van der Waals surface area contributed by atoms with E-state index in [-0.39, 0.29) is 18.3 Å². The fourth-order valence-electron chi connectivity index (χ4n) is 3.35. The maximum absolute atomic E-state index is 12.7. The second kappa shape index (κ2) is 11.0. The first-order valence-electron chi connectivity index (χ1n) is 9.71. The lowest BCUT2D eigenvalue weighted by atomic mass is 9.94. The maximum atomic E-state index is 12.7. The van der Waals surface area contributed by atoms with Gasteiger partial charge < -0.3 is 18.0 Å². The van der Waals surface area contributed by atoms with Crippen molar-refractivity contribution >= 4 is 20.6 Å². The molecule has 0 spiro atoms. The van der Waals surface area contributed by atoms with E-state index in [1.54, 1.807) is 13.0 Å². The number of rotatable bonds is 15. The second-order valence-corrected chi connectivity index (χ2v) is 9.08. The van der Waals surface area contributed by atoms with Crippen molar-refractivity contribution in [2.75, 3.05) is 26.4 Å². The minimum Gasteiger partial charge on any atom is -0.465 e. The molecule has 2 atom stereocenters. The van der Waals surface area contributed by atoms with Crippen molar-refractivity contribution < 1.29 is 27.6 Å². The molecule has 0 aliphatic heterocycles. The van der Waals surface area contributed by atoms with E-state index >= 15 is 0 Å². The zero-order chi connectivity index (χ0) is 19.6. The van der Waals surface area contributed by atoms with E-state index < -0.39 is 20.2 Å². The molecule has 0 amide bonds. The van der Waals surface area contributed by atoms with Crippen molar-refractivity contribution in [2.24, 2.45) is 11.3 Å². The summed E-state index contributed by atoms with van der Waals surface area (Å²) < 4.78 is 22.6. The molecule has 0 aromatic carbocycles. The predicted octanol–water partition coefficient (Wildman–Crippen LogP) is 3.53. The molecular weight excluding hydrogens is 352 g/mol. The van der Waals surface area contributed by atoms with Crippen molar-refractivity contribution in [1.29, 1.82) is 0 Å². The van der Waals surface area contributed by atoms with Gasteiger partial charge in [-0.2, -0.15) is 0 Å². The van der Waals surface area contributed by atoms with Crippen LogP contribution < -0.4 is 0 Å². The molecule has 0 N–H and O–H groups in total. The van der Waals surface area contributed by atoms with Gasteiger partial charge in [-0.05, 0) is 47.0 Å². The van der Waals surface area contributed by atoms with Crippen molar-refractivity contribution in [1.82, 2.24) is 0 Å². The van der Waals surface area contributed by atoms with Gasteiger partial charge in [0.25, 0.3) is 0 Å². The highest BCUT2D eigenvalue weighted by Crippen LogP contribution is 2.55. The third kappa shape index (κ3) is 5.49. The van der Waals surface area contributed by atoms with Crippen LogP contribution in [0.3, 0.4) is 0 Å². The first-order chi connectivity index (χ1) is 12.5. The summed E-state index contributed by atoms with van der Waals surface area (Å²) in [6.07, 6.45) is 3.98. The van der Waals surface area contributed by atoms with Crippen LogP contribution in [0.15, 0.2) is 12.7 Å². The second-order valence-electron chi connectivity index (χ2n) is 6.35. The third-order valence-corrected chi connectivity index (χ3v) is 7.82. The summed E-state index contributed by atoms with van der Waals surface area (Å²) in [6.45, 7) is 13.2. The van der Waals surface area contributed by atoms with Gasteiger partial charge in [0.15, 0.2) is 5.78 Å². The van der Waals surface area contributed by atoms with Gasteiger partial charge in [0.1, 0.15) is 5.41 Å². The number of hydrogen-bond donors (Lipinski definition) is 0. The summed E-state index contributed by atoms with van der Waals surface area (Å²) in [5, 5.41) is 0. The number of ketones is 1. The van der Waals surface area contributed by atoms with Crippen molar-refractivity contribution in [3.63, 3.8) is 0 Å². The molecule has 1 aliphatic rings. The Morgan fingerprint density at radius 3 is 2.04 bits per heavy atom. The maximum Gasteiger partial charge on any atom is 0.500 e. The molecule has 6 nitrogen and oxygen atoms in total. The van der Waals surface area contributed by atoms with Crippen molar-refractivity contribution in [3.05, 3.63) is 12.7 Å². The summed E-state index contributed by atoms with van der Waals surface area (Å²) in [7, 11) is -2.67. The van der Waals surface area contributed by atoms with E-state index in [9.17, 15) is 9.59 Å². The van der Waals surface area contributed by atoms with Crippen LogP contribution in [0, 0.1) is 11.3 Å². The lowest BCUT2D eigenvalue weighted by Crippen LogP contribution is -2.45. The molecule has 0 bridgehead atoms. The number of esters is 1. The Kier molecular flexibility index (Phi) is 9.71. The molecular formula is C19H34O6Si. The average Bonchev–Trinajstić information content (AvgIpc) is 3.35. The number of unbranched alkanes of at least 4 members (excludes halogenated alkanes) is 1. The van der Waals surface area contributed by atoms with Crippen molar-refractivity contribution in [2.45, 2.75) is 59.4 Å². The number of ether oxygens (including phenoxy) is 1. The minimum absolute atomic E-state index is 0.0441. The summed E-state index contributed by atoms with van der Waals surface area (Å²) in [4.78, 5) is 24.9. The Morgan fingerprint density at radius 2 is 1.62 bits per heavy atom. The molecule has 0 saturated heterocycles. The van der Waals surface area contributed by atoms with Gasteiger partial charge in [0.2, 0.25) is 0 Å². The van der Waals surface area contributed by atoms with Crippen LogP contribution in [-0.2, 0) is 27.6 Å². The van der Waals surface area contributed by atoms with E-state index in [2.05, 4.69) is 6.58 Å². The van der Waals surface area contributed by atoms with Gasteiger partial charge in [-0.15, -0.1) is 6.58 Å². The van der Waals surface area contributed by atoms with E-state index in [1.165, 1.54) is 0 Å². The van der Waals surface area contributed by atoms with Gasteiger partial charge in [-0.25, -0.2) is 0 Å². The minimum atomic E-state index is -2.67. The fourth-order valence-corrected chi connectivity index (χ4v) is 6.04. The van der Waals surface area contributed by atoms with Crippen LogP contribution in [-0.4, -0.2) is 47.0 Å². The summed E-state index contributed by atoms with van der Waals surface area (Å²) in [6, 6.07) is 0.674. The number of carbonyl (C=O) groups excluding carboxylic acids is 2. The van der Waals surface area contributed by atoms with E-state index in [1.807, 2.05) is 20.8 Å². The zero-order valence-corrected chi connectivity index (χ0v) is 17.7. The standard InChI is InChI=1S/C19H34O6Si/c1-6-16-15-19(16,18(21)22-7-2)17(20)13-11-12-14-26(23-8-3,24-9-4)25-10-5/h6,16H,1,7-15H2,2-5H3. The number of allylic oxidation sites excluding steroid dienone is 1. The number of hydrogen-bond acceptors (Lipinski definition) is 6. The molecule has 1 rings (SSSR count). The molecule has 7 heteroatoms. The molecule has 0 aromatic heterocycles. The Bertz CT molecular complexity index is 464. The molecule has 1 saturated carbocycles. The lowest BCUT2D eigenvalue weighted by molar-refractivity contribution is -0.154. The zero-order valence-electron chi connectivity index (χ0n) is 16.7. The van der Waals surface area contributed by atoms with Gasteiger partial charge in [0.05, 0.1) is 6.61 Å². The highest BCUT2D eigenvalue weighted by molar-refractivity contribution is 6.60. The van der Waals surface area contributed by atoms with Gasteiger partial charge in [-0.1, -0.05) is 6.08 Å². The summed E-state index contributed by atoms with van der Waals surface area (Å²) in [5.74, 6) is -0.549. The lowest BCUT2D eigenvalue weighted by Gasteiger charge is -2.28. The molecule has 150 valence electrons. The SMILES string of the molecule is C=CC1CC1(C(=O)CCCC[Si](OCC)(OCC)OCC)C(=O)OCC. The fraction of sp³-hybridized carbons (Fsp3) is 0.789. The van der Waals surface area contributed by atoms with E-state index in [0.717, 1.165) is 6.42 Å². The molecule has 1 aliphatic carbocycles. The van der Waals surface area contributed by atoms with Gasteiger partial charge in [-0.3, -0.25) is 9.59 Å². The first kappa shape index (κ1) is 23.0. The molecule has 26 heavy (non-hydrogen) atoms. The topological polar surface area (TPSA) is 71.1 Å². The third-order valence-electron chi connectivity index (χ3n) is 4.67. The quantitative estimate of drug-likeness (QED) is 0.141. The Hall–Kier alpha value is -1.02. The molecule has 0 radical (unpaired) electrons. The van der Waals surface area contributed by atoms with Gasteiger partial charge >= 0.3 is 14.8 Å². The van der Waals surface area contributed by atoms with Crippen molar-refractivity contribution in [3.8, 4) is 0 Å². The van der Waals surface area contributed by atoms with Crippen LogP contribution in [0.4, 0.5) is 0 Å². The summed E-state index contributed by atoms with van der Waals surface area (Å²) >= 11 is 0. The van der Waals surface area contributed by atoms with Gasteiger partial charge in [0, 0.05) is 38.2 Å². The molecule has 0 heterocycles. The number of carbonyl (C=O) groups is 2. The van der Waals surface area contributed by atoms with Crippen LogP contribution in [0.2, 0.25) is 6.04 Å². The highest BCUT2D eigenvalue weighted by atomic mass is 28.4. The van der Waals surface area contributed by atoms with E-state index in [0.29, 0.717) is 45.1 Å². The van der Waals surface area contributed by atoms with Crippen LogP contribution in [0.25, 0.3) is 0 Å². The summed E-state index contributed by atoms with van der Waals surface area (Å²) in [5.41, 5.74) is -0.994. The van der Waals surface area contributed by atoms with Crippen LogP contribution >= 0.6 is 0 Å². The highest BCUT2D eigenvalue weighted by Gasteiger charge is 2.64. The first-order valence-corrected chi connectivity index (χ1v) is 11.6. The van der Waals surface area contributed by atoms with E-state index in [4.69, 9.17) is 18.0 Å². The number of Topliss-reactive ketones (excluding diaryl/α,β-unsaturated/α-hetero) is 1. The largest absolute Gasteiger partial charge is 0.500 e. The Labute approximate surface area is 158 Å². The Balaban J connectivity index is 2.58.